The van der Waals surface area contributed by atoms with E-state index in [2.05, 4.69) is 9.71 Å². The van der Waals surface area contributed by atoms with Crippen LogP contribution in [0.2, 0.25) is 0 Å². The lowest BCUT2D eigenvalue weighted by atomic mass is 10.2. The molecule has 0 amide bonds. The van der Waals surface area contributed by atoms with Crippen molar-refractivity contribution in [1.82, 2.24) is 4.98 Å². The van der Waals surface area contributed by atoms with Gasteiger partial charge >= 0.3 is 5.97 Å². The predicted octanol–water partition coefficient (Wildman–Crippen LogP) is 1.67. The van der Waals surface area contributed by atoms with Gasteiger partial charge < -0.3 is 14.5 Å². The molecule has 0 radical (unpaired) electrons. The van der Waals surface area contributed by atoms with E-state index in [1.165, 1.54) is 6.20 Å². The molecule has 1 rings (SSSR count). The van der Waals surface area contributed by atoms with Crippen LogP contribution in [0.3, 0.4) is 0 Å². The van der Waals surface area contributed by atoms with E-state index in [4.69, 9.17) is 9.47 Å². The van der Waals surface area contributed by atoms with Gasteiger partial charge in [-0.05, 0) is 27.7 Å². The second kappa shape index (κ2) is 7.46. The van der Waals surface area contributed by atoms with Crippen molar-refractivity contribution >= 4 is 21.7 Å². The zero-order chi connectivity index (χ0) is 16.0. The van der Waals surface area contributed by atoms with E-state index >= 15 is 0 Å². The molecule has 0 bridgehead atoms. The van der Waals surface area contributed by atoms with Crippen molar-refractivity contribution in [3.8, 4) is 0 Å². The molecule has 1 aromatic rings. The molecule has 0 saturated carbocycles. The molecule has 0 aliphatic heterocycles. The predicted molar refractivity (Wildman–Crippen MR) is 80.0 cm³/mol. The van der Waals surface area contributed by atoms with Gasteiger partial charge in [0, 0.05) is 11.9 Å². The summed E-state index contributed by atoms with van der Waals surface area (Å²) in [5.74, 6) is -0.745. The van der Waals surface area contributed by atoms with E-state index in [-0.39, 0.29) is 36.3 Å². The van der Waals surface area contributed by atoms with E-state index in [9.17, 15) is 13.2 Å². The van der Waals surface area contributed by atoms with Crippen LogP contribution in [-0.2, 0) is 19.5 Å². The number of aromatic nitrogens is 1. The molecular formula is C13H22N2O5S. The maximum absolute atomic E-state index is 12.0. The average Bonchev–Trinajstić information content (AvgIpc) is 2.69. The highest BCUT2D eigenvalue weighted by Crippen LogP contribution is 2.21. The van der Waals surface area contributed by atoms with Crippen molar-refractivity contribution in [2.45, 2.75) is 33.8 Å². The van der Waals surface area contributed by atoms with Crippen molar-refractivity contribution in [3.63, 3.8) is 0 Å². The Labute approximate surface area is 125 Å². The third kappa shape index (κ3) is 5.39. The van der Waals surface area contributed by atoms with E-state index in [0.717, 1.165) is 0 Å². The number of esters is 1. The van der Waals surface area contributed by atoms with Gasteiger partial charge in [-0.25, -0.2) is 13.2 Å². The smallest absolute Gasteiger partial charge is 0.342 e. The molecule has 0 unspecified atom stereocenters. The number of ether oxygens (including phenoxy) is 2. The minimum atomic E-state index is -3.59. The number of carbonyl (C=O) groups is 1. The van der Waals surface area contributed by atoms with Gasteiger partial charge in [-0.15, -0.1) is 0 Å². The standard InChI is InChI=1S/C13H22N2O5S/c1-5-19-13(16)12-10(4)14-8-11(12)15-21(17,18)7-6-20-9(2)3/h8-9,14-15H,5-7H2,1-4H3. The second-order valence-electron chi connectivity index (χ2n) is 4.76. The summed E-state index contributed by atoms with van der Waals surface area (Å²) >= 11 is 0. The lowest BCUT2D eigenvalue weighted by Crippen LogP contribution is -2.22. The first-order chi connectivity index (χ1) is 9.76. The van der Waals surface area contributed by atoms with Crippen molar-refractivity contribution in [1.29, 1.82) is 0 Å². The summed E-state index contributed by atoms with van der Waals surface area (Å²) in [4.78, 5) is 14.6. The first-order valence-electron chi connectivity index (χ1n) is 6.74. The van der Waals surface area contributed by atoms with E-state index in [1.807, 2.05) is 13.8 Å². The van der Waals surface area contributed by atoms with Crippen LogP contribution in [0.15, 0.2) is 6.20 Å². The highest BCUT2D eigenvalue weighted by atomic mass is 32.2. The molecule has 2 N–H and O–H groups in total. The van der Waals surface area contributed by atoms with Crippen LogP contribution < -0.4 is 4.72 Å². The summed E-state index contributed by atoms with van der Waals surface area (Å²) in [5.41, 5.74) is 0.935. The van der Waals surface area contributed by atoms with Gasteiger partial charge in [0.2, 0.25) is 10.0 Å². The molecule has 1 heterocycles. The van der Waals surface area contributed by atoms with E-state index < -0.39 is 16.0 Å². The second-order valence-corrected chi connectivity index (χ2v) is 6.61. The lowest BCUT2D eigenvalue weighted by molar-refractivity contribution is 0.0527. The molecule has 0 aliphatic rings. The Kier molecular flexibility index (Phi) is 6.22. The fraction of sp³-hybridized carbons (Fsp3) is 0.615. The number of aromatic amines is 1. The van der Waals surface area contributed by atoms with Crippen molar-refractivity contribution in [2.24, 2.45) is 0 Å². The largest absolute Gasteiger partial charge is 0.462 e. The minimum absolute atomic E-state index is 0.0372. The Morgan fingerprint density at radius 3 is 2.67 bits per heavy atom. The van der Waals surface area contributed by atoms with Gasteiger partial charge in [-0.3, -0.25) is 4.72 Å². The SMILES string of the molecule is CCOC(=O)c1c(NS(=O)(=O)CCOC(C)C)c[nH]c1C. The van der Waals surface area contributed by atoms with Crippen LogP contribution in [0.25, 0.3) is 0 Å². The number of sulfonamides is 1. The van der Waals surface area contributed by atoms with Crippen molar-refractivity contribution in [2.75, 3.05) is 23.7 Å². The maximum atomic E-state index is 12.0. The fourth-order valence-corrected chi connectivity index (χ4v) is 2.60. The van der Waals surface area contributed by atoms with Gasteiger partial charge in [0.25, 0.3) is 0 Å². The third-order valence-electron chi connectivity index (χ3n) is 2.63. The summed E-state index contributed by atoms with van der Waals surface area (Å²) in [6.07, 6.45) is 1.40. The van der Waals surface area contributed by atoms with Crippen LogP contribution in [-0.4, -0.2) is 44.4 Å². The summed E-state index contributed by atoms with van der Waals surface area (Å²) < 4.78 is 36.4. The van der Waals surface area contributed by atoms with E-state index in [0.29, 0.717) is 5.69 Å². The van der Waals surface area contributed by atoms with Crippen LogP contribution in [0.1, 0.15) is 36.8 Å². The molecule has 0 fully saturated rings. The number of aryl methyl sites for hydroxylation is 1. The van der Waals surface area contributed by atoms with Crippen molar-refractivity contribution in [3.05, 3.63) is 17.5 Å². The number of rotatable bonds is 8. The van der Waals surface area contributed by atoms with Gasteiger partial charge in [-0.2, -0.15) is 0 Å². The molecule has 0 spiro atoms. The Bertz CT molecular complexity index is 577. The Balaban J connectivity index is 2.81. The molecule has 8 heteroatoms. The summed E-state index contributed by atoms with van der Waals surface area (Å²) in [5, 5.41) is 0. The summed E-state index contributed by atoms with van der Waals surface area (Å²) in [7, 11) is -3.59. The molecule has 0 atom stereocenters. The molecule has 0 saturated heterocycles. The molecule has 0 aliphatic carbocycles. The molecule has 1 aromatic heterocycles. The van der Waals surface area contributed by atoms with Crippen LogP contribution >= 0.6 is 0 Å². The lowest BCUT2D eigenvalue weighted by Gasteiger charge is -2.10. The Morgan fingerprint density at radius 2 is 2.10 bits per heavy atom. The molecule has 120 valence electrons. The normalized spacial score (nSPS) is 11.7. The zero-order valence-electron chi connectivity index (χ0n) is 12.7. The number of carbonyl (C=O) groups excluding carboxylic acids is 1. The molecule has 21 heavy (non-hydrogen) atoms. The minimum Gasteiger partial charge on any atom is -0.462 e. The number of H-pyrrole nitrogens is 1. The number of hydrogen-bond donors (Lipinski definition) is 2. The molecule has 7 nitrogen and oxygen atoms in total. The fourth-order valence-electron chi connectivity index (χ4n) is 1.69. The topological polar surface area (TPSA) is 97.5 Å². The van der Waals surface area contributed by atoms with Gasteiger partial charge in [-0.1, -0.05) is 0 Å². The first-order valence-corrected chi connectivity index (χ1v) is 8.39. The zero-order valence-corrected chi connectivity index (χ0v) is 13.5. The monoisotopic (exact) mass is 318 g/mol. The third-order valence-corrected chi connectivity index (χ3v) is 3.86. The van der Waals surface area contributed by atoms with Gasteiger partial charge in [0.15, 0.2) is 0 Å². The summed E-state index contributed by atoms with van der Waals surface area (Å²) in [6.45, 7) is 7.32. The first kappa shape index (κ1) is 17.5. The van der Waals surface area contributed by atoms with Crippen LogP contribution in [0.4, 0.5) is 5.69 Å². The number of nitrogens with one attached hydrogen (secondary N) is 2. The van der Waals surface area contributed by atoms with E-state index in [1.54, 1.807) is 13.8 Å². The highest BCUT2D eigenvalue weighted by molar-refractivity contribution is 7.92. The quantitative estimate of drug-likeness (QED) is 0.711. The molecule has 0 aromatic carbocycles. The highest BCUT2D eigenvalue weighted by Gasteiger charge is 2.21. The van der Waals surface area contributed by atoms with Crippen molar-refractivity contribution < 1.29 is 22.7 Å². The molecular weight excluding hydrogens is 296 g/mol. The number of anilines is 1. The van der Waals surface area contributed by atoms with Crippen LogP contribution in [0, 0.1) is 6.92 Å². The Hall–Kier alpha value is -1.54. The number of hydrogen-bond acceptors (Lipinski definition) is 5. The maximum Gasteiger partial charge on any atom is 0.342 e. The van der Waals surface area contributed by atoms with Gasteiger partial charge in [0.05, 0.1) is 30.8 Å². The van der Waals surface area contributed by atoms with Crippen LogP contribution in [0.5, 0.6) is 0 Å². The Morgan fingerprint density at radius 1 is 1.43 bits per heavy atom. The summed E-state index contributed by atoms with van der Waals surface area (Å²) in [6, 6.07) is 0. The average molecular weight is 318 g/mol. The van der Waals surface area contributed by atoms with Gasteiger partial charge in [0.1, 0.15) is 5.56 Å².